The Morgan fingerprint density at radius 1 is 1.59 bits per heavy atom. The molecule has 0 aromatic carbocycles. The maximum absolute atomic E-state index is 11.9. The molecule has 0 amide bonds. The van der Waals surface area contributed by atoms with Gasteiger partial charge in [-0.15, -0.1) is 0 Å². The first kappa shape index (κ1) is 13.9. The summed E-state index contributed by atoms with van der Waals surface area (Å²) in [6, 6.07) is 1.72. The number of carbonyl (C=O) groups is 1. The van der Waals surface area contributed by atoms with E-state index < -0.39 is 26.8 Å². The molecule has 0 heterocycles. The van der Waals surface area contributed by atoms with Gasteiger partial charge in [-0.05, 0) is 25.7 Å². The first-order chi connectivity index (χ1) is 7.85. The molecule has 1 aliphatic carbocycles. The van der Waals surface area contributed by atoms with Gasteiger partial charge in [-0.1, -0.05) is 6.92 Å². The summed E-state index contributed by atoms with van der Waals surface area (Å²) in [4.78, 5) is 10.7. The lowest BCUT2D eigenvalue weighted by molar-refractivity contribution is -0.139. The van der Waals surface area contributed by atoms with Gasteiger partial charge in [0.1, 0.15) is 0 Å². The van der Waals surface area contributed by atoms with E-state index in [0.29, 0.717) is 12.8 Å². The van der Waals surface area contributed by atoms with E-state index in [1.165, 1.54) is 0 Å². The summed E-state index contributed by atoms with van der Waals surface area (Å²) < 4.78 is 26.1. The SMILES string of the molecule is CCC(C#N)S(=O)(=O)NC1(CC(=O)O)CCC1. The quantitative estimate of drug-likeness (QED) is 0.727. The van der Waals surface area contributed by atoms with E-state index in [1.54, 1.807) is 13.0 Å². The molecule has 6 nitrogen and oxygen atoms in total. The number of nitriles is 1. The zero-order valence-corrected chi connectivity index (χ0v) is 10.5. The number of hydrogen-bond acceptors (Lipinski definition) is 4. The van der Waals surface area contributed by atoms with Gasteiger partial charge >= 0.3 is 5.97 Å². The third-order valence-electron chi connectivity index (χ3n) is 3.05. The Morgan fingerprint density at radius 2 is 2.18 bits per heavy atom. The van der Waals surface area contributed by atoms with Gasteiger partial charge in [0.2, 0.25) is 10.0 Å². The molecule has 17 heavy (non-hydrogen) atoms. The fourth-order valence-electron chi connectivity index (χ4n) is 1.96. The molecule has 0 aromatic heterocycles. The summed E-state index contributed by atoms with van der Waals surface area (Å²) in [5, 5.41) is 16.4. The predicted octanol–water partition coefficient (Wildman–Crippen LogP) is 0.605. The van der Waals surface area contributed by atoms with Crippen LogP contribution in [0.2, 0.25) is 0 Å². The van der Waals surface area contributed by atoms with Gasteiger partial charge in [0.05, 0.1) is 12.5 Å². The average Bonchev–Trinajstić information content (AvgIpc) is 2.14. The van der Waals surface area contributed by atoms with Crippen LogP contribution in [-0.2, 0) is 14.8 Å². The molecule has 1 saturated carbocycles. The van der Waals surface area contributed by atoms with E-state index in [9.17, 15) is 13.2 Å². The molecule has 1 atom stereocenters. The lowest BCUT2D eigenvalue weighted by atomic mass is 9.75. The Hall–Kier alpha value is -1.13. The molecular formula is C10H16N2O4S. The number of rotatable bonds is 6. The van der Waals surface area contributed by atoms with Crippen LogP contribution < -0.4 is 4.72 Å². The van der Waals surface area contributed by atoms with Crippen molar-refractivity contribution in [2.75, 3.05) is 0 Å². The minimum Gasteiger partial charge on any atom is -0.481 e. The van der Waals surface area contributed by atoms with Crippen molar-refractivity contribution in [3.05, 3.63) is 0 Å². The number of aliphatic carboxylic acids is 1. The van der Waals surface area contributed by atoms with Crippen molar-refractivity contribution < 1.29 is 18.3 Å². The van der Waals surface area contributed by atoms with E-state index in [0.717, 1.165) is 6.42 Å². The number of carboxylic acid groups (broad SMARTS) is 1. The summed E-state index contributed by atoms with van der Waals surface area (Å²) in [7, 11) is -3.76. The fourth-order valence-corrected chi connectivity index (χ4v) is 3.56. The van der Waals surface area contributed by atoms with Crippen LogP contribution in [0.15, 0.2) is 0 Å². The standard InChI is InChI=1S/C10H16N2O4S/c1-2-8(7-11)17(15,16)12-10(4-3-5-10)6-9(13)14/h8,12H,2-6H2,1H3,(H,13,14). The number of nitrogens with zero attached hydrogens (tertiary/aromatic N) is 1. The molecule has 0 bridgehead atoms. The molecule has 2 N–H and O–H groups in total. The number of sulfonamides is 1. The van der Waals surface area contributed by atoms with Crippen molar-refractivity contribution >= 4 is 16.0 Å². The largest absolute Gasteiger partial charge is 0.481 e. The van der Waals surface area contributed by atoms with E-state index in [1.807, 2.05) is 0 Å². The second-order valence-electron chi connectivity index (χ2n) is 4.38. The third kappa shape index (κ3) is 3.17. The van der Waals surface area contributed by atoms with E-state index in [2.05, 4.69) is 4.72 Å². The average molecular weight is 260 g/mol. The van der Waals surface area contributed by atoms with Gasteiger partial charge < -0.3 is 5.11 Å². The zero-order valence-electron chi connectivity index (χ0n) is 9.64. The first-order valence-electron chi connectivity index (χ1n) is 5.49. The molecule has 1 unspecified atom stereocenters. The van der Waals surface area contributed by atoms with Crippen LogP contribution in [0.4, 0.5) is 0 Å². The molecule has 1 aliphatic rings. The highest BCUT2D eigenvalue weighted by Crippen LogP contribution is 2.36. The van der Waals surface area contributed by atoms with Crippen molar-refractivity contribution in [3.63, 3.8) is 0 Å². The summed E-state index contributed by atoms with van der Waals surface area (Å²) in [5.41, 5.74) is -0.880. The molecule has 0 saturated heterocycles. The van der Waals surface area contributed by atoms with Crippen LogP contribution in [-0.4, -0.2) is 30.3 Å². The highest BCUT2D eigenvalue weighted by atomic mass is 32.2. The fraction of sp³-hybridized carbons (Fsp3) is 0.800. The van der Waals surface area contributed by atoms with Gasteiger partial charge in [0, 0.05) is 5.54 Å². The van der Waals surface area contributed by atoms with Crippen molar-refractivity contribution in [3.8, 4) is 6.07 Å². The van der Waals surface area contributed by atoms with Crippen LogP contribution in [0.1, 0.15) is 39.0 Å². The molecule has 96 valence electrons. The molecule has 0 spiro atoms. The Kier molecular flexibility index (Phi) is 4.11. The van der Waals surface area contributed by atoms with Crippen LogP contribution in [0.25, 0.3) is 0 Å². The molecule has 1 fully saturated rings. The lowest BCUT2D eigenvalue weighted by Crippen LogP contribution is -2.56. The van der Waals surface area contributed by atoms with Gasteiger partial charge in [-0.25, -0.2) is 13.1 Å². The highest BCUT2D eigenvalue weighted by Gasteiger charge is 2.43. The summed E-state index contributed by atoms with van der Waals surface area (Å²) in [6.45, 7) is 1.61. The number of carboxylic acids is 1. The molecule has 0 aliphatic heterocycles. The topological polar surface area (TPSA) is 107 Å². The monoisotopic (exact) mass is 260 g/mol. The van der Waals surface area contributed by atoms with Gasteiger partial charge in [0.15, 0.2) is 5.25 Å². The smallest absolute Gasteiger partial charge is 0.305 e. The van der Waals surface area contributed by atoms with Gasteiger partial charge in [-0.3, -0.25) is 4.79 Å². The molecular weight excluding hydrogens is 244 g/mol. The molecule has 0 radical (unpaired) electrons. The maximum atomic E-state index is 11.9. The van der Waals surface area contributed by atoms with Crippen molar-refractivity contribution in [2.45, 2.75) is 49.8 Å². The zero-order chi connectivity index (χ0) is 13.1. The van der Waals surface area contributed by atoms with Crippen LogP contribution in [0.5, 0.6) is 0 Å². The van der Waals surface area contributed by atoms with Gasteiger partial charge in [0.25, 0.3) is 0 Å². The van der Waals surface area contributed by atoms with Crippen LogP contribution >= 0.6 is 0 Å². The van der Waals surface area contributed by atoms with Gasteiger partial charge in [-0.2, -0.15) is 5.26 Å². The summed E-state index contributed by atoms with van der Waals surface area (Å²) in [5.74, 6) is -1.03. The molecule has 7 heteroatoms. The minimum atomic E-state index is -3.76. The molecule has 0 aromatic rings. The highest BCUT2D eigenvalue weighted by molar-refractivity contribution is 7.90. The Balaban J connectivity index is 2.82. The Morgan fingerprint density at radius 3 is 2.47 bits per heavy atom. The van der Waals surface area contributed by atoms with E-state index in [4.69, 9.17) is 10.4 Å². The summed E-state index contributed by atoms with van der Waals surface area (Å²) >= 11 is 0. The van der Waals surface area contributed by atoms with Crippen LogP contribution in [0.3, 0.4) is 0 Å². The number of nitrogens with one attached hydrogen (secondary N) is 1. The van der Waals surface area contributed by atoms with Crippen molar-refractivity contribution in [1.82, 2.24) is 4.72 Å². The first-order valence-corrected chi connectivity index (χ1v) is 7.04. The lowest BCUT2D eigenvalue weighted by Gasteiger charge is -2.41. The maximum Gasteiger partial charge on any atom is 0.305 e. The molecule has 1 rings (SSSR count). The Bertz CT molecular complexity index is 434. The second kappa shape index (κ2) is 5.02. The van der Waals surface area contributed by atoms with Crippen LogP contribution in [0, 0.1) is 11.3 Å². The third-order valence-corrected chi connectivity index (χ3v) is 4.95. The van der Waals surface area contributed by atoms with Crippen molar-refractivity contribution in [2.24, 2.45) is 0 Å². The second-order valence-corrected chi connectivity index (χ2v) is 6.24. The normalized spacial score (nSPS) is 20.0. The number of hydrogen-bond donors (Lipinski definition) is 2. The van der Waals surface area contributed by atoms with Crippen molar-refractivity contribution in [1.29, 1.82) is 5.26 Å². The predicted molar refractivity (Wildman–Crippen MR) is 60.6 cm³/mol. The Labute approximate surface area is 101 Å². The van der Waals surface area contributed by atoms with E-state index >= 15 is 0 Å². The minimum absolute atomic E-state index is 0.189. The summed E-state index contributed by atoms with van der Waals surface area (Å²) in [6.07, 6.45) is 1.79. The van der Waals surface area contributed by atoms with E-state index in [-0.39, 0.29) is 12.8 Å².